The molecular weight excluding hydrogens is 561 g/mol. The number of halogens is 5. The molecule has 1 aliphatic heterocycles. The zero-order valence-corrected chi connectivity index (χ0v) is 21.6. The van der Waals surface area contributed by atoms with Gasteiger partial charge in [0, 0.05) is 37.0 Å². The second-order valence-corrected chi connectivity index (χ2v) is 9.57. The molecule has 1 saturated heterocycles. The van der Waals surface area contributed by atoms with Crippen molar-refractivity contribution in [1.82, 2.24) is 24.7 Å². The average Bonchev–Trinajstić information content (AvgIpc) is 3.39. The Bertz CT molecular complexity index is 1820. The third-order valence-electron chi connectivity index (χ3n) is 6.99. The normalized spacial score (nSPS) is 15.3. The fraction of sp³-hybridized carbons (Fsp3) is 0.179. The summed E-state index contributed by atoms with van der Waals surface area (Å²) in [6.45, 7) is 1.08. The van der Waals surface area contributed by atoms with Crippen LogP contribution in [0.2, 0.25) is 0 Å². The lowest BCUT2D eigenvalue weighted by atomic mass is 10.1. The lowest BCUT2D eigenvalue weighted by molar-refractivity contribution is 0.112. The van der Waals surface area contributed by atoms with E-state index < -0.39 is 40.6 Å². The minimum Gasteiger partial charge on any atom is -0.451 e. The average molecular weight is 582 g/mol. The first-order chi connectivity index (χ1) is 20.3. The molecular formula is C28H20F5N7O2. The van der Waals surface area contributed by atoms with Crippen molar-refractivity contribution in [2.75, 3.05) is 23.7 Å². The Morgan fingerprint density at radius 1 is 0.976 bits per heavy atom. The van der Waals surface area contributed by atoms with E-state index in [1.807, 2.05) is 4.90 Å². The molecule has 1 unspecified atom stereocenters. The van der Waals surface area contributed by atoms with Crippen LogP contribution in [0.3, 0.4) is 0 Å². The van der Waals surface area contributed by atoms with Crippen molar-refractivity contribution in [1.29, 1.82) is 0 Å². The van der Waals surface area contributed by atoms with Crippen molar-refractivity contribution in [3.63, 3.8) is 0 Å². The van der Waals surface area contributed by atoms with Crippen LogP contribution in [0.25, 0.3) is 22.3 Å². The Balaban J connectivity index is 1.38. The van der Waals surface area contributed by atoms with Crippen molar-refractivity contribution in [3.8, 4) is 22.8 Å². The lowest BCUT2D eigenvalue weighted by Gasteiger charge is -2.34. The maximum atomic E-state index is 15.5. The first-order valence-corrected chi connectivity index (χ1v) is 12.7. The molecule has 0 amide bonds. The molecule has 5 aromatic rings. The summed E-state index contributed by atoms with van der Waals surface area (Å²) in [6.07, 6.45) is 5.04. The van der Waals surface area contributed by atoms with Crippen molar-refractivity contribution >= 4 is 29.0 Å². The number of hydrogen-bond acceptors (Lipinski definition) is 8. The summed E-state index contributed by atoms with van der Waals surface area (Å²) in [6, 6.07) is 6.32. The van der Waals surface area contributed by atoms with Crippen LogP contribution in [-0.4, -0.2) is 44.1 Å². The number of aldehydes is 1. The van der Waals surface area contributed by atoms with Crippen molar-refractivity contribution in [2.45, 2.75) is 18.9 Å². The number of nitrogen functional groups attached to an aromatic ring is 1. The van der Waals surface area contributed by atoms with Gasteiger partial charge >= 0.3 is 0 Å². The van der Waals surface area contributed by atoms with E-state index in [-0.39, 0.29) is 34.6 Å². The topological polar surface area (TPSA) is 112 Å². The monoisotopic (exact) mass is 581 g/mol. The number of benzene rings is 2. The Kier molecular flexibility index (Phi) is 6.88. The van der Waals surface area contributed by atoms with E-state index in [1.165, 1.54) is 12.4 Å². The molecule has 2 N–H and O–H groups in total. The molecule has 0 saturated carbocycles. The van der Waals surface area contributed by atoms with Gasteiger partial charge < -0.3 is 15.4 Å². The minimum absolute atomic E-state index is 0.0399. The van der Waals surface area contributed by atoms with Crippen LogP contribution in [0.4, 0.5) is 33.6 Å². The van der Waals surface area contributed by atoms with E-state index in [1.54, 1.807) is 23.0 Å². The predicted molar refractivity (Wildman–Crippen MR) is 142 cm³/mol. The second kappa shape index (κ2) is 10.7. The molecule has 1 aliphatic rings. The zero-order chi connectivity index (χ0) is 29.5. The summed E-state index contributed by atoms with van der Waals surface area (Å²) in [7, 11) is 0. The number of pyridine rings is 1. The number of anilines is 2. The Hall–Kier alpha value is -5.14. The molecule has 4 heterocycles. The Labute approximate surface area is 234 Å². The number of nitrogens with two attached hydrogens (primary N) is 1. The van der Waals surface area contributed by atoms with Gasteiger partial charge in [-0.3, -0.25) is 4.79 Å². The van der Waals surface area contributed by atoms with E-state index in [2.05, 4.69) is 20.1 Å². The first kappa shape index (κ1) is 27.1. The van der Waals surface area contributed by atoms with Gasteiger partial charge in [-0.1, -0.05) is 0 Å². The summed E-state index contributed by atoms with van der Waals surface area (Å²) in [4.78, 5) is 26.3. The highest BCUT2D eigenvalue weighted by Gasteiger charge is 2.29. The molecule has 0 radical (unpaired) electrons. The number of rotatable bonds is 6. The van der Waals surface area contributed by atoms with Crippen LogP contribution >= 0.6 is 0 Å². The largest absolute Gasteiger partial charge is 0.451 e. The quantitative estimate of drug-likeness (QED) is 0.156. The summed E-state index contributed by atoms with van der Waals surface area (Å²) in [5.41, 5.74) is 7.01. The number of piperidine rings is 1. The number of carbonyl (C=O) groups is 1. The van der Waals surface area contributed by atoms with Gasteiger partial charge in [0.25, 0.3) is 0 Å². The van der Waals surface area contributed by atoms with Gasteiger partial charge in [0.1, 0.15) is 35.2 Å². The minimum atomic E-state index is -1.76. The van der Waals surface area contributed by atoms with Crippen LogP contribution in [0.15, 0.2) is 48.9 Å². The summed E-state index contributed by atoms with van der Waals surface area (Å²) in [5, 5.41) is 4.93. The summed E-state index contributed by atoms with van der Waals surface area (Å²) in [5.74, 6) is -8.97. The molecule has 0 spiro atoms. The lowest BCUT2D eigenvalue weighted by Crippen LogP contribution is -2.38. The number of carbonyl (C=O) groups excluding carboxylic acids is 1. The number of ether oxygens (including phenoxy) is 1. The van der Waals surface area contributed by atoms with Crippen LogP contribution in [0.1, 0.15) is 29.2 Å². The number of aromatic nitrogens is 5. The molecule has 0 aliphatic carbocycles. The summed E-state index contributed by atoms with van der Waals surface area (Å²) < 4.78 is 77.4. The number of fused-ring (bicyclic) bond motifs is 1. The fourth-order valence-corrected chi connectivity index (χ4v) is 5.06. The number of hydrogen-bond donors (Lipinski definition) is 1. The molecule has 9 nitrogen and oxygen atoms in total. The van der Waals surface area contributed by atoms with E-state index in [9.17, 15) is 22.4 Å². The van der Waals surface area contributed by atoms with Gasteiger partial charge in [0.2, 0.25) is 17.4 Å². The highest BCUT2D eigenvalue weighted by Crippen LogP contribution is 2.38. The smallest absolute Gasteiger partial charge is 0.204 e. The van der Waals surface area contributed by atoms with E-state index in [0.717, 1.165) is 24.8 Å². The SMILES string of the molecule is Nc1ncnc2c1c(-c1ccc(Oc3c(F)c(F)cc(F)c3F)cc1F)nn2C1CCCN(c2ncccc2C=O)C1. The molecule has 0 bridgehead atoms. The second-order valence-electron chi connectivity index (χ2n) is 9.57. The van der Waals surface area contributed by atoms with Gasteiger partial charge in [0.05, 0.1) is 17.0 Å². The zero-order valence-electron chi connectivity index (χ0n) is 21.6. The third-order valence-corrected chi connectivity index (χ3v) is 6.99. The molecule has 214 valence electrons. The van der Waals surface area contributed by atoms with Gasteiger partial charge in [0.15, 0.2) is 23.6 Å². The van der Waals surface area contributed by atoms with Crippen LogP contribution < -0.4 is 15.4 Å². The van der Waals surface area contributed by atoms with Crippen LogP contribution in [-0.2, 0) is 0 Å². The van der Waals surface area contributed by atoms with Gasteiger partial charge in [-0.15, -0.1) is 0 Å². The highest BCUT2D eigenvalue weighted by atomic mass is 19.2. The maximum Gasteiger partial charge on any atom is 0.204 e. The van der Waals surface area contributed by atoms with E-state index >= 15 is 4.39 Å². The van der Waals surface area contributed by atoms with Crippen LogP contribution in [0, 0.1) is 29.1 Å². The van der Waals surface area contributed by atoms with E-state index in [0.29, 0.717) is 36.5 Å². The maximum absolute atomic E-state index is 15.5. The molecule has 14 heteroatoms. The fourth-order valence-electron chi connectivity index (χ4n) is 5.06. The third kappa shape index (κ3) is 4.63. The predicted octanol–water partition coefficient (Wildman–Crippen LogP) is 5.61. The molecule has 3 aromatic heterocycles. The van der Waals surface area contributed by atoms with Gasteiger partial charge in [-0.2, -0.15) is 13.9 Å². The summed E-state index contributed by atoms with van der Waals surface area (Å²) >= 11 is 0. The Morgan fingerprint density at radius 3 is 2.50 bits per heavy atom. The number of nitrogens with zero attached hydrogens (tertiary/aromatic N) is 6. The van der Waals surface area contributed by atoms with Crippen molar-refractivity contribution in [3.05, 3.63) is 83.6 Å². The van der Waals surface area contributed by atoms with Crippen molar-refractivity contribution in [2.24, 2.45) is 0 Å². The molecule has 1 atom stereocenters. The molecule has 6 rings (SSSR count). The van der Waals surface area contributed by atoms with Gasteiger partial charge in [-0.25, -0.2) is 32.8 Å². The standard InChI is InChI=1S/C28H20F5N7O2/c29-18-9-16(42-25-22(32)19(30)10-20(31)23(25)33)5-6-17(18)24-21-26(34)36-13-37-28(21)40(38-24)15-4-2-8-39(11-15)27-14(12-41)3-1-7-35-27/h1,3,5-7,9-10,12-13,15H,2,4,8,11H2,(H2,34,36,37). The van der Waals surface area contributed by atoms with Crippen LogP contribution in [0.5, 0.6) is 11.5 Å². The Morgan fingerprint density at radius 2 is 1.76 bits per heavy atom. The van der Waals surface area contributed by atoms with E-state index in [4.69, 9.17) is 10.5 Å². The molecule has 42 heavy (non-hydrogen) atoms. The molecule has 2 aromatic carbocycles. The first-order valence-electron chi connectivity index (χ1n) is 12.7. The van der Waals surface area contributed by atoms with Crippen molar-refractivity contribution < 1.29 is 31.5 Å². The van der Waals surface area contributed by atoms with Gasteiger partial charge in [-0.05, 0) is 37.1 Å². The molecule has 1 fully saturated rings. The highest BCUT2D eigenvalue weighted by molar-refractivity contribution is 5.98.